The van der Waals surface area contributed by atoms with Gasteiger partial charge in [-0.2, -0.15) is 0 Å². The maximum absolute atomic E-state index is 13.3. The summed E-state index contributed by atoms with van der Waals surface area (Å²) in [6.07, 6.45) is 1.68. The standard InChI is InChI=1S/C33H39NO5/c1-22(2)27-12-9-24(10-13-27)18-33(5)19-28-15-25(11-14-30(28)39-33)17-31(35)34(21-32(36)37)20-26-7-6-8-29(16-26)38-23(3)4/h6-16,22-23H,17-21H2,1-5H3,(H,36,37). The van der Waals surface area contributed by atoms with Crippen LogP contribution in [-0.4, -0.2) is 40.1 Å². The van der Waals surface area contributed by atoms with Gasteiger partial charge >= 0.3 is 5.97 Å². The van der Waals surface area contributed by atoms with Crippen LogP contribution in [0, 0.1) is 0 Å². The molecule has 39 heavy (non-hydrogen) atoms. The summed E-state index contributed by atoms with van der Waals surface area (Å²) < 4.78 is 12.1. The summed E-state index contributed by atoms with van der Waals surface area (Å²) in [5.74, 6) is 0.759. The second-order valence-electron chi connectivity index (χ2n) is 11.4. The highest BCUT2D eigenvalue weighted by molar-refractivity contribution is 5.83. The molecule has 0 saturated carbocycles. The molecule has 0 bridgehead atoms. The SMILES string of the molecule is CC(C)Oc1cccc(CN(CC(=O)O)C(=O)Cc2ccc3c(c2)CC(C)(Cc2ccc(C(C)C)cc2)O3)c1. The summed E-state index contributed by atoms with van der Waals surface area (Å²) in [4.78, 5) is 26.2. The number of benzene rings is 3. The third-order valence-electron chi connectivity index (χ3n) is 6.95. The first-order valence-corrected chi connectivity index (χ1v) is 13.6. The molecular formula is C33H39NO5. The highest BCUT2D eigenvalue weighted by atomic mass is 16.5. The van der Waals surface area contributed by atoms with Crippen LogP contribution in [0.1, 0.15) is 68.4 Å². The zero-order valence-electron chi connectivity index (χ0n) is 23.6. The maximum atomic E-state index is 13.3. The molecule has 1 heterocycles. The lowest BCUT2D eigenvalue weighted by molar-refractivity contribution is -0.144. The van der Waals surface area contributed by atoms with Crippen LogP contribution in [0.5, 0.6) is 11.5 Å². The number of ether oxygens (including phenoxy) is 2. The van der Waals surface area contributed by atoms with Crippen molar-refractivity contribution in [3.8, 4) is 11.5 Å². The molecule has 0 spiro atoms. The van der Waals surface area contributed by atoms with Crippen LogP contribution in [0.15, 0.2) is 66.7 Å². The Hall–Kier alpha value is -3.80. The lowest BCUT2D eigenvalue weighted by atomic mass is 9.90. The van der Waals surface area contributed by atoms with Gasteiger partial charge in [-0.15, -0.1) is 0 Å². The molecule has 1 atom stereocenters. The topological polar surface area (TPSA) is 76.1 Å². The average Bonchev–Trinajstić information content (AvgIpc) is 3.18. The minimum atomic E-state index is -1.04. The lowest BCUT2D eigenvalue weighted by Gasteiger charge is -2.24. The van der Waals surface area contributed by atoms with Crippen LogP contribution in [0.3, 0.4) is 0 Å². The van der Waals surface area contributed by atoms with Gasteiger partial charge in [0.1, 0.15) is 23.6 Å². The van der Waals surface area contributed by atoms with E-state index in [0.717, 1.165) is 35.3 Å². The van der Waals surface area contributed by atoms with E-state index in [0.29, 0.717) is 11.7 Å². The summed E-state index contributed by atoms with van der Waals surface area (Å²) in [5.41, 5.74) is 4.94. The number of nitrogens with zero attached hydrogens (tertiary/aromatic N) is 1. The van der Waals surface area contributed by atoms with E-state index < -0.39 is 5.97 Å². The molecule has 3 aromatic carbocycles. The Labute approximate surface area is 231 Å². The third kappa shape index (κ3) is 7.62. The molecule has 6 heteroatoms. The fourth-order valence-electron chi connectivity index (χ4n) is 5.13. The van der Waals surface area contributed by atoms with E-state index >= 15 is 0 Å². The van der Waals surface area contributed by atoms with Crippen LogP contribution >= 0.6 is 0 Å². The van der Waals surface area contributed by atoms with Gasteiger partial charge in [0.15, 0.2) is 0 Å². The number of rotatable bonds is 11. The second kappa shape index (κ2) is 11.9. The quantitative estimate of drug-likeness (QED) is 0.321. The number of hydrogen-bond acceptors (Lipinski definition) is 4. The number of carbonyl (C=O) groups excluding carboxylic acids is 1. The van der Waals surface area contributed by atoms with Crippen molar-refractivity contribution in [2.24, 2.45) is 0 Å². The summed E-state index contributed by atoms with van der Waals surface area (Å²) >= 11 is 0. The largest absolute Gasteiger partial charge is 0.491 e. The van der Waals surface area contributed by atoms with Crippen molar-refractivity contribution in [1.29, 1.82) is 0 Å². The zero-order valence-corrected chi connectivity index (χ0v) is 23.6. The number of fused-ring (bicyclic) bond motifs is 1. The Balaban J connectivity index is 1.43. The fraction of sp³-hybridized carbons (Fsp3) is 0.394. The Morgan fingerprint density at radius 2 is 1.69 bits per heavy atom. The first kappa shape index (κ1) is 28.2. The van der Waals surface area contributed by atoms with E-state index in [9.17, 15) is 14.7 Å². The summed E-state index contributed by atoms with van der Waals surface area (Å²) in [5, 5.41) is 9.46. The summed E-state index contributed by atoms with van der Waals surface area (Å²) in [6.45, 7) is 10.2. The van der Waals surface area contributed by atoms with Gasteiger partial charge in [0.2, 0.25) is 5.91 Å². The molecule has 1 aliphatic rings. The molecule has 1 N–H and O–H groups in total. The van der Waals surface area contributed by atoms with Crippen LogP contribution in [0.25, 0.3) is 0 Å². The third-order valence-corrected chi connectivity index (χ3v) is 6.95. The van der Waals surface area contributed by atoms with E-state index in [4.69, 9.17) is 9.47 Å². The van der Waals surface area contributed by atoms with Gasteiger partial charge in [-0.3, -0.25) is 9.59 Å². The number of aliphatic carboxylic acids is 1. The first-order chi connectivity index (χ1) is 18.5. The average molecular weight is 530 g/mol. The highest BCUT2D eigenvalue weighted by Gasteiger charge is 2.35. The number of carboxylic acids is 1. The van der Waals surface area contributed by atoms with Gasteiger partial charge < -0.3 is 19.5 Å². The van der Waals surface area contributed by atoms with Crippen LogP contribution in [0.4, 0.5) is 0 Å². The minimum Gasteiger partial charge on any atom is -0.491 e. The molecule has 1 unspecified atom stereocenters. The van der Waals surface area contributed by atoms with Crippen molar-refractivity contribution >= 4 is 11.9 Å². The molecule has 3 aromatic rings. The Morgan fingerprint density at radius 3 is 2.36 bits per heavy atom. The predicted molar refractivity (Wildman–Crippen MR) is 152 cm³/mol. The highest BCUT2D eigenvalue weighted by Crippen LogP contribution is 2.37. The Bertz CT molecular complexity index is 1310. The molecule has 206 valence electrons. The molecule has 0 fully saturated rings. The summed E-state index contributed by atoms with van der Waals surface area (Å²) in [7, 11) is 0. The molecule has 0 saturated heterocycles. The van der Waals surface area contributed by atoms with Crippen molar-refractivity contribution in [3.05, 3.63) is 94.5 Å². The smallest absolute Gasteiger partial charge is 0.323 e. The fourth-order valence-corrected chi connectivity index (χ4v) is 5.13. The maximum Gasteiger partial charge on any atom is 0.323 e. The zero-order chi connectivity index (χ0) is 28.2. The van der Waals surface area contributed by atoms with E-state index in [1.165, 1.54) is 16.0 Å². The minimum absolute atomic E-state index is 0.0214. The Morgan fingerprint density at radius 1 is 0.974 bits per heavy atom. The van der Waals surface area contributed by atoms with Crippen molar-refractivity contribution in [2.45, 2.75) is 78.0 Å². The van der Waals surface area contributed by atoms with Gasteiger partial charge in [0, 0.05) is 19.4 Å². The molecule has 0 radical (unpaired) electrons. The normalized spacial score (nSPS) is 16.2. The van der Waals surface area contributed by atoms with Gasteiger partial charge in [-0.1, -0.05) is 62.4 Å². The van der Waals surface area contributed by atoms with Crippen LogP contribution in [0.2, 0.25) is 0 Å². The molecule has 1 amide bonds. The van der Waals surface area contributed by atoms with E-state index in [2.05, 4.69) is 45.0 Å². The molecule has 4 rings (SSSR count). The first-order valence-electron chi connectivity index (χ1n) is 13.6. The van der Waals surface area contributed by atoms with Crippen molar-refractivity contribution < 1.29 is 24.2 Å². The predicted octanol–water partition coefficient (Wildman–Crippen LogP) is 6.19. The number of carboxylic acid groups (broad SMARTS) is 1. The molecule has 6 nitrogen and oxygen atoms in total. The van der Waals surface area contributed by atoms with Crippen molar-refractivity contribution in [1.82, 2.24) is 4.90 Å². The molecule has 1 aliphatic heterocycles. The second-order valence-corrected chi connectivity index (χ2v) is 11.4. The number of carbonyl (C=O) groups is 2. The van der Waals surface area contributed by atoms with Gasteiger partial charge in [-0.05, 0) is 72.7 Å². The summed E-state index contributed by atoms with van der Waals surface area (Å²) in [6, 6.07) is 22.0. The number of hydrogen-bond donors (Lipinski definition) is 1. The van der Waals surface area contributed by atoms with Crippen molar-refractivity contribution in [2.75, 3.05) is 6.54 Å². The van der Waals surface area contributed by atoms with Crippen LogP contribution < -0.4 is 9.47 Å². The van der Waals surface area contributed by atoms with E-state index in [1.807, 2.05) is 56.3 Å². The Kier molecular flexibility index (Phi) is 8.63. The van der Waals surface area contributed by atoms with E-state index in [-0.39, 0.29) is 37.1 Å². The van der Waals surface area contributed by atoms with Gasteiger partial charge in [0.25, 0.3) is 0 Å². The molecular weight excluding hydrogens is 490 g/mol. The van der Waals surface area contributed by atoms with E-state index in [1.54, 1.807) is 0 Å². The molecule has 0 aromatic heterocycles. The van der Waals surface area contributed by atoms with Gasteiger partial charge in [-0.25, -0.2) is 0 Å². The monoisotopic (exact) mass is 529 g/mol. The lowest BCUT2D eigenvalue weighted by Crippen LogP contribution is -2.36. The number of amides is 1. The van der Waals surface area contributed by atoms with Crippen molar-refractivity contribution in [3.63, 3.8) is 0 Å². The van der Waals surface area contributed by atoms with Crippen LogP contribution in [-0.2, 0) is 35.4 Å². The van der Waals surface area contributed by atoms with Gasteiger partial charge in [0.05, 0.1) is 12.5 Å². The molecule has 0 aliphatic carbocycles.